The van der Waals surface area contributed by atoms with Crippen LogP contribution in [0.25, 0.3) is 0 Å². The number of nitrogens with one attached hydrogen (secondary N) is 3. The van der Waals surface area contributed by atoms with E-state index >= 15 is 0 Å². The lowest BCUT2D eigenvalue weighted by Crippen LogP contribution is -2.37. The molecule has 3 rings (SSSR count). The molecule has 0 atom stereocenters. The second-order valence-corrected chi connectivity index (χ2v) is 8.92. The molecule has 3 aromatic rings. The number of hydrogen-bond donors (Lipinski definition) is 5. The highest BCUT2D eigenvalue weighted by molar-refractivity contribution is 9.10. The summed E-state index contributed by atoms with van der Waals surface area (Å²) in [6, 6.07) is 8.13. The minimum absolute atomic E-state index is 0.00795. The van der Waals surface area contributed by atoms with E-state index in [0.29, 0.717) is 5.69 Å². The quantitative estimate of drug-likeness (QED) is 0.119. The number of guanidine groups is 1. The number of hydrogen-bond acceptors (Lipinski definition) is 9. The van der Waals surface area contributed by atoms with Gasteiger partial charge in [-0.3, -0.25) is 15.7 Å². The highest BCUT2D eigenvalue weighted by Gasteiger charge is 2.17. The van der Waals surface area contributed by atoms with E-state index in [1.807, 2.05) is 5.48 Å². The van der Waals surface area contributed by atoms with Crippen molar-refractivity contribution in [1.29, 1.82) is 0 Å². The van der Waals surface area contributed by atoms with Crippen LogP contribution >= 0.6 is 15.9 Å². The number of nitrogens with zero attached hydrogens (tertiary/aromatic N) is 4. The number of aromatic nitrogens is 2. The first-order valence-corrected chi connectivity index (χ1v) is 11.6. The van der Waals surface area contributed by atoms with E-state index in [9.17, 15) is 22.4 Å². The first-order valence-electron chi connectivity index (χ1n) is 9.28. The lowest BCUT2D eigenvalue weighted by Gasteiger charge is -2.08. The van der Waals surface area contributed by atoms with Gasteiger partial charge in [0.25, 0.3) is 10.0 Å². The van der Waals surface area contributed by atoms with Crippen molar-refractivity contribution < 1.29 is 27.0 Å². The molecule has 0 unspecified atom stereocenters. The molecule has 0 saturated carbocycles. The van der Waals surface area contributed by atoms with Gasteiger partial charge in [-0.2, -0.15) is 0 Å². The summed E-state index contributed by atoms with van der Waals surface area (Å²) in [6.45, 7) is 0.120. The van der Waals surface area contributed by atoms with Crippen LogP contribution in [0.15, 0.2) is 66.4 Å². The van der Waals surface area contributed by atoms with Crippen LogP contribution in [0.3, 0.4) is 0 Å². The van der Waals surface area contributed by atoms with Crippen LogP contribution in [0.2, 0.25) is 0 Å². The number of rotatable bonds is 8. The lowest BCUT2D eigenvalue weighted by molar-refractivity contribution is 0.234. The summed E-state index contributed by atoms with van der Waals surface area (Å²) >= 11 is 3.04. The molecule has 0 saturated heterocycles. The van der Waals surface area contributed by atoms with Crippen molar-refractivity contribution in [2.45, 2.75) is 4.90 Å². The summed E-state index contributed by atoms with van der Waals surface area (Å²) in [7, 11) is -4.02. The zero-order chi connectivity index (χ0) is 24.7. The molecule has 16 heteroatoms. The Morgan fingerprint density at radius 1 is 1.18 bits per heavy atom. The van der Waals surface area contributed by atoms with Crippen LogP contribution in [-0.2, 0) is 10.0 Å². The van der Waals surface area contributed by atoms with Crippen molar-refractivity contribution in [2.24, 2.45) is 15.7 Å². The van der Waals surface area contributed by atoms with Crippen molar-refractivity contribution >= 4 is 49.3 Å². The number of benzene rings is 2. The second kappa shape index (κ2) is 11.0. The minimum atomic E-state index is -4.02. The van der Waals surface area contributed by atoms with Crippen LogP contribution in [0, 0.1) is 11.6 Å². The molecule has 12 nitrogen and oxygen atoms in total. The Hall–Kier alpha value is -3.63. The molecule has 1 aromatic heterocycles. The monoisotopic (exact) mass is 558 g/mol. The number of nitrogens with two attached hydrogens (primary N) is 1. The summed E-state index contributed by atoms with van der Waals surface area (Å²) in [5.41, 5.74) is 7.79. The Balaban J connectivity index is 1.62. The maximum absolute atomic E-state index is 13.4. The summed E-state index contributed by atoms with van der Waals surface area (Å²) in [5, 5.41) is 19.6. The predicted octanol–water partition coefficient (Wildman–Crippen LogP) is 1.87. The molecule has 0 bridgehead atoms. The number of anilines is 1. The van der Waals surface area contributed by atoms with Gasteiger partial charge in [0.1, 0.15) is 11.6 Å². The molecule has 0 fully saturated rings. The summed E-state index contributed by atoms with van der Waals surface area (Å²) in [6.07, 6.45) is 0. The van der Waals surface area contributed by atoms with Crippen LogP contribution in [0.1, 0.15) is 5.69 Å². The molecular formula is C18H17BrF2N8O4S. The molecule has 1 heterocycles. The van der Waals surface area contributed by atoms with Crippen molar-refractivity contribution in [2.75, 3.05) is 18.4 Å². The van der Waals surface area contributed by atoms with E-state index in [1.54, 1.807) is 0 Å². The van der Waals surface area contributed by atoms with E-state index in [1.165, 1.54) is 18.2 Å². The topological polar surface area (TPSA) is 180 Å². The Morgan fingerprint density at radius 3 is 2.59 bits per heavy atom. The van der Waals surface area contributed by atoms with Crippen LogP contribution in [0.4, 0.5) is 20.3 Å². The van der Waals surface area contributed by atoms with Gasteiger partial charge in [0, 0.05) is 6.54 Å². The fraction of sp³-hybridized carbons (Fsp3) is 0.111. The van der Waals surface area contributed by atoms with Crippen LogP contribution in [0.5, 0.6) is 0 Å². The molecular weight excluding hydrogens is 542 g/mol. The molecule has 0 aliphatic rings. The molecule has 34 heavy (non-hydrogen) atoms. The van der Waals surface area contributed by atoms with Gasteiger partial charge in [-0.05, 0) is 68.7 Å². The van der Waals surface area contributed by atoms with E-state index < -0.39 is 21.7 Å². The number of hydroxylamine groups is 1. The average Bonchev–Trinajstić information content (AvgIpc) is 3.25. The summed E-state index contributed by atoms with van der Waals surface area (Å²) < 4.78 is 57.7. The normalized spacial score (nSPS) is 12.5. The zero-order valence-electron chi connectivity index (χ0n) is 17.0. The Morgan fingerprint density at radius 2 is 1.91 bits per heavy atom. The maximum atomic E-state index is 13.4. The molecule has 0 amide bonds. The molecule has 0 spiro atoms. The first-order chi connectivity index (χ1) is 16.2. The molecule has 0 aliphatic carbocycles. The Labute approximate surface area is 200 Å². The summed E-state index contributed by atoms with van der Waals surface area (Å²) in [4.78, 5) is 7.83. The first kappa shape index (κ1) is 25.0. The molecule has 0 radical (unpaired) electrons. The van der Waals surface area contributed by atoms with Crippen LogP contribution < -0.4 is 21.3 Å². The number of halogens is 3. The second-order valence-electron chi connectivity index (χ2n) is 6.39. The fourth-order valence-electron chi connectivity index (χ4n) is 2.47. The highest BCUT2D eigenvalue weighted by Crippen LogP contribution is 2.23. The van der Waals surface area contributed by atoms with Gasteiger partial charge in [-0.1, -0.05) is 0 Å². The van der Waals surface area contributed by atoms with Gasteiger partial charge in [-0.15, -0.1) is 0 Å². The van der Waals surface area contributed by atoms with Gasteiger partial charge in [0.05, 0.1) is 21.6 Å². The predicted molar refractivity (Wildman–Crippen MR) is 121 cm³/mol. The SMILES string of the molecule is NC(=NCCNc1nonc1C(=Nc1ccc(F)c(Br)c1)NO)NS(=O)(=O)c1ccc(F)cc1. The summed E-state index contributed by atoms with van der Waals surface area (Å²) in [5.74, 6) is -1.50. The third-order valence-corrected chi connectivity index (χ3v) is 5.99. The van der Waals surface area contributed by atoms with E-state index in [-0.39, 0.29) is 45.8 Å². The molecule has 0 aliphatic heterocycles. The number of amidine groups is 1. The molecule has 2 aromatic carbocycles. The van der Waals surface area contributed by atoms with E-state index in [0.717, 1.165) is 24.3 Å². The van der Waals surface area contributed by atoms with Crippen molar-refractivity contribution in [3.63, 3.8) is 0 Å². The Bertz CT molecular complexity index is 1320. The third-order valence-electron chi connectivity index (χ3n) is 4.01. The van der Waals surface area contributed by atoms with Crippen molar-refractivity contribution in [3.8, 4) is 0 Å². The van der Waals surface area contributed by atoms with Gasteiger partial charge >= 0.3 is 0 Å². The van der Waals surface area contributed by atoms with Gasteiger partial charge in [0.2, 0.25) is 11.8 Å². The molecule has 6 N–H and O–H groups in total. The average molecular weight is 559 g/mol. The highest BCUT2D eigenvalue weighted by atomic mass is 79.9. The largest absolute Gasteiger partial charge is 0.369 e. The van der Waals surface area contributed by atoms with E-state index in [2.05, 4.69) is 50.9 Å². The molecule has 180 valence electrons. The number of sulfonamides is 1. The lowest BCUT2D eigenvalue weighted by atomic mass is 10.3. The van der Waals surface area contributed by atoms with Crippen molar-refractivity contribution in [1.82, 2.24) is 20.5 Å². The third kappa shape index (κ3) is 6.46. The minimum Gasteiger partial charge on any atom is -0.369 e. The van der Waals surface area contributed by atoms with Gasteiger partial charge < -0.3 is 11.1 Å². The fourth-order valence-corrected chi connectivity index (χ4v) is 3.79. The van der Waals surface area contributed by atoms with Crippen LogP contribution in [-0.4, -0.2) is 48.8 Å². The number of aliphatic imine (C=N–C) groups is 2. The van der Waals surface area contributed by atoms with Gasteiger partial charge in [0.15, 0.2) is 11.5 Å². The van der Waals surface area contributed by atoms with Gasteiger partial charge in [-0.25, -0.2) is 31.5 Å². The zero-order valence-corrected chi connectivity index (χ0v) is 19.4. The van der Waals surface area contributed by atoms with E-state index in [4.69, 9.17) is 5.73 Å². The standard InChI is InChI=1S/C18H17BrF2N8O4S/c19-13-9-11(3-6-14(13)21)25-17(26-30)15-16(28-33-27-15)23-7-8-24-18(22)29-34(31,32)12-4-1-10(20)2-5-12/h1-6,9,30H,7-8H2,(H,23,28)(H,25,26)(H3,22,24,29). The Kier molecular flexibility index (Phi) is 8.08. The smallest absolute Gasteiger partial charge is 0.264 e. The van der Waals surface area contributed by atoms with Crippen molar-refractivity contribution in [3.05, 3.63) is 64.3 Å². The maximum Gasteiger partial charge on any atom is 0.264 e.